The number of hydrogen-bond acceptors (Lipinski definition) is 7. The van der Waals surface area contributed by atoms with Crippen LogP contribution in [0.4, 0.5) is 11.6 Å². The molecule has 0 amide bonds. The molecule has 1 unspecified atom stereocenters. The normalized spacial score (nSPS) is 14.1. The molecule has 1 N–H and O–H groups in total. The Hall–Kier alpha value is -2.81. The van der Waals surface area contributed by atoms with Crippen LogP contribution in [-0.2, 0) is 0 Å². The molecule has 0 bridgehead atoms. The number of ether oxygens (including phenoxy) is 2. The maximum atomic E-state index is 11.3. The minimum atomic E-state index is -0.429. The molecule has 4 rings (SSSR count). The zero-order valence-corrected chi connectivity index (χ0v) is 12.9. The Bertz CT molecular complexity index is 903. The molecular weight excluding hydrogens is 320 g/mol. The summed E-state index contributed by atoms with van der Waals surface area (Å²) in [6, 6.07) is 5.42. The molecular formula is C14H12N4O4S. The topological polar surface area (TPSA) is 90.9 Å². The number of imidazole rings is 1. The number of fused-ring (bicyclic) bond motifs is 2. The number of hydrogen-bond donors (Lipinski definition) is 1. The number of nitrogens with one attached hydrogen (secondary N) is 1. The van der Waals surface area contributed by atoms with Crippen molar-refractivity contribution in [2.45, 2.75) is 13.0 Å². The van der Waals surface area contributed by atoms with Gasteiger partial charge in [-0.1, -0.05) is 17.4 Å². The van der Waals surface area contributed by atoms with Crippen LogP contribution in [0.3, 0.4) is 0 Å². The van der Waals surface area contributed by atoms with Crippen LogP contribution in [-0.4, -0.2) is 21.1 Å². The van der Waals surface area contributed by atoms with E-state index < -0.39 is 4.92 Å². The lowest BCUT2D eigenvalue weighted by Crippen LogP contribution is -2.08. The summed E-state index contributed by atoms with van der Waals surface area (Å²) in [6.45, 7) is 2.12. The largest absolute Gasteiger partial charge is 0.454 e. The Kier molecular flexibility index (Phi) is 3.08. The summed E-state index contributed by atoms with van der Waals surface area (Å²) in [4.78, 5) is 15.8. The zero-order valence-electron chi connectivity index (χ0n) is 12.1. The van der Waals surface area contributed by atoms with Crippen molar-refractivity contribution >= 4 is 27.9 Å². The van der Waals surface area contributed by atoms with Gasteiger partial charge < -0.3 is 24.9 Å². The van der Waals surface area contributed by atoms with Crippen LogP contribution in [0, 0.1) is 10.1 Å². The quantitative estimate of drug-likeness (QED) is 0.583. The average molecular weight is 332 g/mol. The van der Waals surface area contributed by atoms with Gasteiger partial charge in [0, 0.05) is 5.38 Å². The number of nitro groups is 1. The lowest BCUT2D eigenvalue weighted by atomic mass is 10.1. The molecule has 0 radical (unpaired) electrons. The summed E-state index contributed by atoms with van der Waals surface area (Å²) in [5, 5.41) is 16.2. The molecule has 3 heterocycles. The number of anilines is 1. The van der Waals surface area contributed by atoms with Crippen molar-refractivity contribution in [2.24, 2.45) is 0 Å². The summed E-state index contributed by atoms with van der Waals surface area (Å²) in [5.41, 5.74) is 0.930. The van der Waals surface area contributed by atoms with Crippen molar-refractivity contribution in [1.29, 1.82) is 0 Å². The van der Waals surface area contributed by atoms with Crippen molar-refractivity contribution in [3.63, 3.8) is 0 Å². The molecule has 0 saturated heterocycles. The standard InChI is InChI=1S/C14H12N4O4S/c1-8(9-2-3-10-11(6-9)22-7-21-10)15-12-13(18(19)20)17-4-5-23-14(17)16-12/h2-6,8,15H,7H2,1H3. The number of aromatic nitrogens is 2. The van der Waals surface area contributed by atoms with Crippen LogP contribution in [0.2, 0.25) is 0 Å². The van der Waals surface area contributed by atoms with E-state index in [4.69, 9.17) is 9.47 Å². The third kappa shape index (κ3) is 2.25. The van der Waals surface area contributed by atoms with Crippen LogP contribution in [0.1, 0.15) is 18.5 Å². The molecule has 0 spiro atoms. The van der Waals surface area contributed by atoms with Crippen LogP contribution in [0.15, 0.2) is 29.8 Å². The minimum Gasteiger partial charge on any atom is -0.454 e. The van der Waals surface area contributed by atoms with Crippen LogP contribution in [0.5, 0.6) is 11.5 Å². The van der Waals surface area contributed by atoms with E-state index in [1.807, 2.05) is 25.1 Å². The first-order valence-corrected chi connectivity index (χ1v) is 7.77. The summed E-state index contributed by atoms with van der Waals surface area (Å²) in [5.74, 6) is 1.58. The molecule has 3 aromatic rings. The summed E-state index contributed by atoms with van der Waals surface area (Å²) < 4.78 is 12.1. The Morgan fingerprint density at radius 1 is 1.43 bits per heavy atom. The van der Waals surface area contributed by atoms with E-state index in [1.54, 1.807) is 11.6 Å². The lowest BCUT2D eigenvalue weighted by molar-refractivity contribution is -0.389. The van der Waals surface area contributed by atoms with Gasteiger partial charge in [0.1, 0.15) is 6.20 Å². The number of rotatable bonds is 4. The summed E-state index contributed by atoms with van der Waals surface area (Å²) in [7, 11) is 0. The van der Waals surface area contributed by atoms with Crippen LogP contribution < -0.4 is 14.8 Å². The highest BCUT2D eigenvalue weighted by atomic mass is 32.1. The highest BCUT2D eigenvalue weighted by Crippen LogP contribution is 2.36. The lowest BCUT2D eigenvalue weighted by Gasteiger charge is -2.14. The third-order valence-corrected chi connectivity index (χ3v) is 4.42. The van der Waals surface area contributed by atoms with Gasteiger partial charge in [0.2, 0.25) is 12.6 Å². The van der Waals surface area contributed by atoms with Gasteiger partial charge >= 0.3 is 5.82 Å². The molecule has 2 aromatic heterocycles. The molecule has 0 aliphatic carbocycles. The van der Waals surface area contributed by atoms with E-state index >= 15 is 0 Å². The first-order chi connectivity index (χ1) is 11.1. The van der Waals surface area contributed by atoms with Crippen molar-refractivity contribution < 1.29 is 14.4 Å². The Morgan fingerprint density at radius 3 is 3.09 bits per heavy atom. The van der Waals surface area contributed by atoms with Gasteiger partial charge in [0.15, 0.2) is 11.5 Å². The molecule has 0 fully saturated rings. The molecule has 1 aliphatic heterocycles. The predicted molar refractivity (Wildman–Crippen MR) is 84.3 cm³/mol. The maximum absolute atomic E-state index is 11.3. The Balaban J connectivity index is 1.66. The molecule has 1 aromatic carbocycles. The van der Waals surface area contributed by atoms with E-state index in [1.165, 1.54) is 15.7 Å². The van der Waals surface area contributed by atoms with Gasteiger partial charge in [-0.3, -0.25) is 0 Å². The van der Waals surface area contributed by atoms with Crippen molar-refractivity contribution in [2.75, 3.05) is 12.1 Å². The Labute approximate surface area is 134 Å². The molecule has 1 aliphatic rings. The second kappa shape index (κ2) is 5.13. The van der Waals surface area contributed by atoms with Gasteiger partial charge in [0.05, 0.1) is 6.04 Å². The molecule has 0 saturated carbocycles. The van der Waals surface area contributed by atoms with Crippen molar-refractivity contribution in [3.8, 4) is 11.5 Å². The van der Waals surface area contributed by atoms with Gasteiger partial charge in [0.25, 0.3) is 4.96 Å². The SMILES string of the molecule is CC(Nc1nc2sccn2c1[N+](=O)[O-])c1ccc2c(c1)OCO2. The molecule has 8 nitrogen and oxygen atoms in total. The molecule has 9 heteroatoms. The monoisotopic (exact) mass is 332 g/mol. The second-order valence-electron chi connectivity index (χ2n) is 5.08. The number of benzene rings is 1. The van der Waals surface area contributed by atoms with E-state index in [0.717, 1.165) is 5.56 Å². The predicted octanol–water partition coefficient (Wildman–Crippen LogP) is 3.21. The van der Waals surface area contributed by atoms with E-state index in [2.05, 4.69) is 10.3 Å². The van der Waals surface area contributed by atoms with E-state index in [9.17, 15) is 10.1 Å². The maximum Gasteiger partial charge on any atom is 0.372 e. The van der Waals surface area contributed by atoms with Crippen LogP contribution in [0.25, 0.3) is 4.96 Å². The molecule has 118 valence electrons. The number of thiazole rings is 1. The minimum absolute atomic E-state index is 0.0613. The van der Waals surface area contributed by atoms with Gasteiger partial charge in [-0.25, -0.2) is 0 Å². The van der Waals surface area contributed by atoms with Crippen molar-refractivity contribution in [1.82, 2.24) is 9.38 Å². The molecule has 23 heavy (non-hydrogen) atoms. The van der Waals surface area contributed by atoms with E-state index in [0.29, 0.717) is 16.5 Å². The third-order valence-electron chi connectivity index (χ3n) is 3.66. The summed E-state index contributed by atoms with van der Waals surface area (Å²) in [6.07, 6.45) is 1.64. The first-order valence-electron chi connectivity index (χ1n) is 6.89. The average Bonchev–Trinajstić information content (AvgIpc) is 3.20. The fourth-order valence-corrected chi connectivity index (χ4v) is 3.23. The van der Waals surface area contributed by atoms with Crippen LogP contribution >= 0.6 is 11.3 Å². The Morgan fingerprint density at radius 2 is 2.26 bits per heavy atom. The smallest absolute Gasteiger partial charge is 0.372 e. The number of nitrogens with zero attached hydrogens (tertiary/aromatic N) is 3. The molecule has 1 atom stereocenters. The van der Waals surface area contributed by atoms with Gasteiger partial charge in [-0.05, 0) is 29.5 Å². The first kappa shape index (κ1) is 13.8. The fourth-order valence-electron chi connectivity index (χ4n) is 2.52. The van der Waals surface area contributed by atoms with Gasteiger partial charge in [-0.15, -0.1) is 0 Å². The zero-order chi connectivity index (χ0) is 16.0. The summed E-state index contributed by atoms with van der Waals surface area (Å²) >= 11 is 1.35. The highest BCUT2D eigenvalue weighted by Gasteiger charge is 2.25. The highest BCUT2D eigenvalue weighted by molar-refractivity contribution is 7.15. The fraction of sp³-hybridized carbons (Fsp3) is 0.214. The van der Waals surface area contributed by atoms with Gasteiger partial charge in [-0.2, -0.15) is 9.38 Å². The van der Waals surface area contributed by atoms with Crippen molar-refractivity contribution in [3.05, 3.63) is 45.5 Å². The van der Waals surface area contributed by atoms with E-state index in [-0.39, 0.29) is 24.5 Å². The second-order valence-corrected chi connectivity index (χ2v) is 5.95.